The van der Waals surface area contributed by atoms with Gasteiger partial charge in [-0.25, -0.2) is 0 Å². The van der Waals surface area contributed by atoms with Crippen molar-refractivity contribution in [3.05, 3.63) is 48.9 Å². The van der Waals surface area contributed by atoms with Crippen LogP contribution < -0.4 is 4.73 Å². The molecule has 0 amide bonds. The number of benzene rings is 1. The molecule has 0 aliphatic rings. The fraction of sp³-hybridized carbons (Fsp3) is 0.133. The topological polar surface area (TPSA) is 136 Å². The molecule has 9 nitrogen and oxygen atoms in total. The van der Waals surface area contributed by atoms with Crippen LogP contribution in [0.3, 0.4) is 0 Å². The first-order chi connectivity index (χ1) is 12.6. The van der Waals surface area contributed by atoms with Crippen molar-refractivity contribution in [1.29, 1.82) is 0 Å². The van der Waals surface area contributed by atoms with Crippen molar-refractivity contribution in [3.63, 3.8) is 0 Å². The third-order valence-corrected chi connectivity index (χ3v) is 5.61. The number of hydrogen-bond donors (Lipinski definition) is 2. The molecule has 0 atom stereocenters. The highest BCUT2D eigenvalue weighted by atomic mass is 35.5. The summed E-state index contributed by atoms with van der Waals surface area (Å²) >= 11 is 13.3. The standard InChI is InChI=1S/C15H10Cl2N4O5S/c1-5-10(15(17)20(24)6(2)11(5)16)14-12(18-19-27-14)7-3-8(21(25)26)13(23)9(22)4-7/h3-4,22-23H,1-2H3. The van der Waals surface area contributed by atoms with Gasteiger partial charge in [0.05, 0.1) is 15.4 Å². The first-order valence-electron chi connectivity index (χ1n) is 7.26. The summed E-state index contributed by atoms with van der Waals surface area (Å²) in [6.07, 6.45) is 0. The fourth-order valence-corrected chi connectivity index (χ4v) is 3.94. The van der Waals surface area contributed by atoms with Gasteiger partial charge in [-0.15, -0.1) is 5.10 Å². The van der Waals surface area contributed by atoms with Gasteiger partial charge in [-0.05, 0) is 41.7 Å². The van der Waals surface area contributed by atoms with Gasteiger partial charge in [-0.2, -0.15) is 4.73 Å². The van der Waals surface area contributed by atoms with Crippen molar-refractivity contribution >= 4 is 40.4 Å². The first-order valence-corrected chi connectivity index (χ1v) is 8.79. The summed E-state index contributed by atoms with van der Waals surface area (Å²) in [6.45, 7) is 3.18. The minimum Gasteiger partial charge on any atom is -0.617 e. The minimum atomic E-state index is -0.863. The number of aromatic hydroxyl groups is 2. The molecule has 0 saturated heterocycles. The molecule has 3 aromatic rings. The zero-order valence-electron chi connectivity index (χ0n) is 13.7. The summed E-state index contributed by atoms with van der Waals surface area (Å²) in [7, 11) is 0. The van der Waals surface area contributed by atoms with Crippen LogP contribution >= 0.6 is 34.7 Å². The van der Waals surface area contributed by atoms with Crippen LogP contribution in [0.15, 0.2) is 12.1 Å². The molecular formula is C15H10Cl2N4O5S. The molecule has 0 spiro atoms. The lowest BCUT2D eigenvalue weighted by atomic mass is 10.0. The van der Waals surface area contributed by atoms with Crippen LogP contribution in [0.25, 0.3) is 21.7 Å². The van der Waals surface area contributed by atoms with E-state index in [4.69, 9.17) is 23.2 Å². The van der Waals surface area contributed by atoms with Crippen LogP contribution in [-0.4, -0.2) is 24.7 Å². The summed E-state index contributed by atoms with van der Waals surface area (Å²) < 4.78 is 4.29. The van der Waals surface area contributed by atoms with E-state index < -0.39 is 22.1 Å². The quantitative estimate of drug-likeness (QED) is 0.162. The van der Waals surface area contributed by atoms with Gasteiger partial charge in [0.1, 0.15) is 10.7 Å². The number of pyridine rings is 1. The normalized spacial score (nSPS) is 11.0. The van der Waals surface area contributed by atoms with Gasteiger partial charge < -0.3 is 15.4 Å². The van der Waals surface area contributed by atoms with E-state index in [1.807, 2.05) is 0 Å². The summed E-state index contributed by atoms with van der Waals surface area (Å²) in [4.78, 5) is 10.6. The summed E-state index contributed by atoms with van der Waals surface area (Å²) in [5, 5.41) is 46.8. The Labute approximate surface area is 165 Å². The van der Waals surface area contributed by atoms with Crippen LogP contribution in [0.4, 0.5) is 5.69 Å². The molecule has 1 aromatic carbocycles. The number of nitro benzene ring substituents is 1. The van der Waals surface area contributed by atoms with E-state index in [0.717, 1.165) is 23.7 Å². The molecule has 0 aliphatic heterocycles. The average molecular weight is 429 g/mol. The number of nitrogens with zero attached hydrogens (tertiary/aromatic N) is 4. The van der Waals surface area contributed by atoms with Crippen molar-refractivity contribution < 1.29 is 19.9 Å². The Morgan fingerprint density at radius 1 is 1.26 bits per heavy atom. The molecule has 0 radical (unpaired) electrons. The predicted molar refractivity (Wildman–Crippen MR) is 99.2 cm³/mol. The molecule has 12 heteroatoms. The van der Waals surface area contributed by atoms with Crippen molar-refractivity contribution in [3.8, 4) is 33.2 Å². The Kier molecular flexibility index (Phi) is 4.81. The molecule has 3 rings (SSSR count). The Hall–Kier alpha value is -2.69. The van der Waals surface area contributed by atoms with E-state index in [2.05, 4.69) is 9.59 Å². The Bertz CT molecular complexity index is 1070. The second kappa shape index (κ2) is 6.80. The van der Waals surface area contributed by atoms with Crippen molar-refractivity contribution in [1.82, 2.24) is 9.59 Å². The molecule has 0 aliphatic carbocycles. The molecular weight excluding hydrogens is 419 g/mol. The second-order valence-electron chi connectivity index (χ2n) is 5.56. The fourth-order valence-electron chi connectivity index (χ4n) is 2.56. The molecule has 0 fully saturated rings. The van der Waals surface area contributed by atoms with Gasteiger partial charge in [-0.3, -0.25) is 10.1 Å². The second-order valence-corrected chi connectivity index (χ2v) is 7.05. The third kappa shape index (κ3) is 3.01. The van der Waals surface area contributed by atoms with Gasteiger partial charge >= 0.3 is 5.69 Å². The molecule has 0 unspecified atom stereocenters. The van der Waals surface area contributed by atoms with Crippen LogP contribution in [0, 0.1) is 29.2 Å². The van der Waals surface area contributed by atoms with Crippen LogP contribution in [0.1, 0.15) is 11.3 Å². The Balaban J connectivity index is 2.31. The predicted octanol–water partition coefficient (Wildman–Crippen LogP) is 3.75. The maximum absolute atomic E-state index is 12.2. The first kappa shape index (κ1) is 19.1. The van der Waals surface area contributed by atoms with E-state index in [1.54, 1.807) is 6.92 Å². The maximum Gasteiger partial charge on any atom is 0.315 e. The average Bonchev–Trinajstić information content (AvgIpc) is 3.09. The summed E-state index contributed by atoms with van der Waals surface area (Å²) in [5.74, 6) is -1.56. The highest BCUT2D eigenvalue weighted by Gasteiger charge is 2.28. The molecule has 2 aromatic heterocycles. The largest absolute Gasteiger partial charge is 0.617 e. The highest BCUT2D eigenvalue weighted by Crippen LogP contribution is 2.44. The van der Waals surface area contributed by atoms with E-state index in [-0.39, 0.29) is 32.7 Å². The monoisotopic (exact) mass is 428 g/mol. The maximum atomic E-state index is 12.2. The molecule has 27 heavy (non-hydrogen) atoms. The molecule has 0 saturated carbocycles. The van der Waals surface area contributed by atoms with E-state index in [1.165, 1.54) is 6.92 Å². The highest BCUT2D eigenvalue weighted by molar-refractivity contribution is 7.10. The van der Waals surface area contributed by atoms with E-state index in [9.17, 15) is 25.5 Å². The van der Waals surface area contributed by atoms with Crippen molar-refractivity contribution in [2.75, 3.05) is 0 Å². The van der Waals surface area contributed by atoms with Gasteiger partial charge in [0.15, 0.2) is 5.75 Å². The lowest BCUT2D eigenvalue weighted by Gasteiger charge is -2.12. The van der Waals surface area contributed by atoms with Crippen molar-refractivity contribution in [2.45, 2.75) is 13.8 Å². The smallest absolute Gasteiger partial charge is 0.315 e. The van der Waals surface area contributed by atoms with Crippen molar-refractivity contribution in [2.24, 2.45) is 0 Å². The van der Waals surface area contributed by atoms with Gasteiger partial charge in [0.25, 0.3) is 5.15 Å². The molecule has 0 bridgehead atoms. The molecule has 2 N–H and O–H groups in total. The summed E-state index contributed by atoms with van der Waals surface area (Å²) in [6, 6.07) is 2.15. The summed E-state index contributed by atoms with van der Waals surface area (Å²) in [5.41, 5.74) is 0.569. The zero-order valence-corrected chi connectivity index (χ0v) is 16.1. The van der Waals surface area contributed by atoms with E-state index >= 15 is 0 Å². The number of phenolic OH excluding ortho intramolecular Hbond substituents is 2. The van der Waals surface area contributed by atoms with E-state index in [0.29, 0.717) is 15.2 Å². The van der Waals surface area contributed by atoms with Crippen LogP contribution in [0.5, 0.6) is 11.5 Å². The SMILES string of the molecule is Cc1c(Cl)c(C)[n+]([O-])c(Cl)c1-c1snnc1-c1cc(O)c(O)c([N+](=O)[O-])c1. The van der Waals surface area contributed by atoms with Crippen LogP contribution in [-0.2, 0) is 0 Å². The van der Waals surface area contributed by atoms with Crippen LogP contribution in [0.2, 0.25) is 10.2 Å². The third-order valence-electron chi connectivity index (χ3n) is 3.97. The lowest BCUT2D eigenvalue weighted by Crippen LogP contribution is -2.33. The molecule has 2 heterocycles. The number of halogens is 2. The van der Waals surface area contributed by atoms with Gasteiger partial charge in [-0.1, -0.05) is 16.1 Å². The number of hydrogen-bond acceptors (Lipinski definition) is 8. The Morgan fingerprint density at radius 3 is 2.56 bits per heavy atom. The number of nitro groups is 1. The number of phenols is 2. The Morgan fingerprint density at radius 2 is 1.93 bits per heavy atom. The number of rotatable bonds is 3. The minimum absolute atomic E-state index is 0.116. The van der Waals surface area contributed by atoms with Gasteiger partial charge in [0, 0.05) is 18.6 Å². The zero-order chi connectivity index (χ0) is 20.0. The van der Waals surface area contributed by atoms with Gasteiger partial charge in [0.2, 0.25) is 11.4 Å². The lowest BCUT2D eigenvalue weighted by molar-refractivity contribution is -0.609. The molecule has 140 valence electrons. The number of aromatic nitrogens is 3.